The van der Waals surface area contributed by atoms with Gasteiger partial charge in [-0.3, -0.25) is 9.59 Å². The number of likely N-dealkylation sites (tertiary alicyclic amines) is 1. The van der Waals surface area contributed by atoms with Crippen molar-refractivity contribution in [1.29, 1.82) is 0 Å². The summed E-state index contributed by atoms with van der Waals surface area (Å²) >= 11 is 7.63. The Hall–Kier alpha value is -2.83. The van der Waals surface area contributed by atoms with Gasteiger partial charge in [0, 0.05) is 18.2 Å². The van der Waals surface area contributed by atoms with Crippen molar-refractivity contribution in [2.24, 2.45) is 0 Å². The van der Waals surface area contributed by atoms with E-state index in [2.05, 4.69) is 11.4 Å². The summed E-state index contributed by atoms with van der Waals surface area (Å²) in [6.07, 6.45) is 2.70. The van der Waals surface area contributed by atoms with E-state index in [1.165, 1.54) is 11.3 Å². The fraction of sp³-hybridized carbons (Fsp3) is 0.250. The summed E-state index contributed by atoms with van der Waals surface area (Å²) in [5, 5.41) is 5.06. The third-order valence-electron chi connectivity index (χ3n) is 5.45. The average molecular weight is 455 g/mol. The summed E-state index contributed by atoms with van der Waals surface area (Å²) in [5.41, 5.74) is 2.10. The molecule has 1 unspecified atom stereocenters. The summed E-state index contributed by atoms with van der Waals surface area (Å²) in [4.78, 5) is 28.2. The molecule has 1 saturated heterocycles. The maximum absolute atomic E-state index is 13.3. The van der Waals surface area contributed by atoms with Crippen molar-refractivity contribution < 1.29 is 14.3 Å². The van der Waals surface area contributed by atoms with Crippen LogP contribution in [0.3, 0.4) is 0 Å². The standard InChI is InChI=1S/C24H23ClN2O3S/c1-30-19-7-2-5-16(14-19)13-18-6-3-11-27(18)24(29)17-9-10-20(25)21(15-17)26-23(28)22-8-4-12-31-22/h2,4-5,7-10,12,14-15,18H,3,6,11,13H2,1H3,(H,26,28). The largest absolute Gasteiger partial charge is 0.497 e. The lowest BCUT2D eigenvalue weighted by Crippen LogP contribution is -2.36. The van der Waals surface area contributed by atoms with Gasteiger partial charge in [-0.15, -0.1) is 11.3 Å². The van der Waals surface area contributed by atoms with Crippen LogP contribution >= 0.6 is 22.9 Å². The molecule has 0 aliphatic carbocycles. The molecule has 1 fully saturated rings. The van der Waals surface area contributed by atoms with Crippen molar-refractivity contribution in [3.05, 3.63) is 81.0 Å². The van der Waals surface area contributed by atoms with Crippen molar-refractivity contribution in [3.63, 3.8) is 0 Å². The Balaban J connectivity index is 1.50. The Morgan fingerprint density at radius 2 is 2.06 bits per heavy atom. The highest BCUT2D eigenvalue weighted by molar-refractivity contribution is 7.12. The van der Waals surface area contributed by atoms with Gasteiger partial charge in [-0.05, 0) is 66.6 Å². The van der Waals surface area contributed by atoms with E-state index < -0.39 is 0 Å². The molecule has 0 spiro atoms. The molecule has 3 aromatic rings. The Bertz CT molecular complexity index is 1080. The van der Waals surface area contributed by atoms with Crippen LogP contribution in [0.1, 0.15) is 38.4 Å². The van der Waals surface area contributed by atoms with Crippen LogP contribution in [-0.4, -0.2) is 36.4 Å². The zero-order valence-corrected chi connectivity index (χ0v) is 18.7. The van der Waals surface area contributed by atoms with Gasteiger partial charge in [0.1, 0.15) is 5.75 Å². The fourth-order valence-corrected chi connectivity index (χ4v) is 4.68. The molecule has 1 atom stereocenters. The quantitative estimate of drug-likeness (QED) is 0.534. The SMILES string of the molecule is COc1cccc(CC2CCCN2C(=O)c2ccc(Cl)c(NC(=O)c3cccs3)c2)c1. The number of methoxy groups -OCH3 is 1. The molecule has 0 saturated carbocycles. The predicted octanol–water partition coefficient (Wildman–Crippen LogP) is 5.51. The van der Waals surface area contributed by atoms with Crippen LogP contribution in [0.15, 0.2) is 60.0 Å². The van der Waals surface area contributed by atoms with Crippen LogP contribution in [0.4, 0.5) is 5.69 Å². The number of ether oxygens (including phenoxy) is 1. The number of anilines is 1. The number of hydrogen-bond donors (Lipinski definition) is 1. The molecule has 1 aliphatic rings. The second-order valence-corrected chi connectivity index (χ2v) is 8.83. The number of nitrogens with one attached hydrogen (secondary N) is 1. The Kier molecular flexibility index (Phi) is 6.59. The van der Waals surface area contributed by atoms with Gasteiger partial charge < -0.3 is 15.0 Å². The summed E-state index contributed by atoms with van der Waals surface area (Å²) in [6, 6.07) is 16.7. The van der Waals surface area contributed by atoms with Crippen LogP contribution in [-0.2, 0) is 6.42 Å². The molecule has 1 N–H and O–H groups in total. The van der Waals surface area contributed by atoms with Crippen molar-refractivity contribution in [1.82, 2.24) is 4.90 Å². The van der Waals surface area contributed by atoms with Crippen molar-refractivity contribution in [2.45, 2.75) is 25.3 Å². The number of carbonyl (C=O) groups excluding carboxylic acids is 2. The molecule has 1 aromatic heterocycles. The average Bonchev–Trinajstić information content (AvgIpc) is 3.47. The molecule has 160 valence electrons. The maximum Gasteiger partial charge on any atom is 0.265 e. The van der Waals surface area contributed by atoms with E-state index >= 15 is 0 Å². The molecular weight excluding hydrogens is 432 g/mol. The summed E-state index contributed by atoms with van der Waals surface area (Å²) < 4.78 is 5.32. The summed E-state index contributed by atoms with van der Waals surface area (Å²) in [5.74, 6) is 0.532. The minimum Gasteiger partial charge on any atom is -0.497 e. The van der Waals surface area contributed by atoms with Gasteiger partial charge in [0.2, 0.25) is 0 Å². The molecule has 2 amide bonds. The topological polar surface area (TPSA) is 58.6 Å². The van der Waals surface area contributed by atoms with Crippen LogP contribution in [0, 0.1) is 0 Å². The number of thiophene rings is 1. The lowest BCUT2D eigenvalue weighted by Gasteiger charge is -2.25. The summed E-state index contributed by atoms with van der Waals surface area (Å²) in [6.45, 7) is 0.715. The molecule has 1 aliphatic heterocycles. The molecule has 4 rings (SSSR count). The molecule has 5 nitrogen and oxygen atoms in total. The van der Waals surface area contributed by atoms with E-state index in [0.717, 1.165) is 30.6 Å². The lowest BCUT2D eigenvalue weighted by atomic mass is 10.0. The third kappa shape index (κ3) is 4.92. The van der Waals surface area contributed by atoms with Crippen molar-refractivity contribution in [2.75, 3.05) is 19.0 Å². The van der Waals surface area contributed by atoms with Gasteiger partial charge in [-0.25, -0.2) is 0 Å². The second-order valence-electron chi connectivity index (χ2n) is 7.48. The highest BCUT2D eigenvalue weighted by Gasteiger charge is 2.30. The second kappa shape index (κ2) is 9.54. The number of amides is 2. The zero-order valence-electron chi connectivity index (χ0n) is 17.1. The van der Waals surface area contributed by atoms with E-state index in [1.807, 2.05) is 34.5 Å². The molecule has 2 heterocycles. The molecule has 0 radical (unpaired) electrons. The maximum atomic E-state index is 13.3. The number of rotatable bonds is 6. The van der Waals surface area contributed by atoms with Gasteiger partial charge in [0.05, 0.1) is 22.7 Å². The minimum atomic E-state index is -0.237. The van der Waals surface area contributed by atoms with E-state index in [0.29, 0.717) is 27.7 Å². The Morgan fingerprint density at radius 1 is 1.19 bits per heavy atom. The van der Waals surface area contributed by atoms with Crippen molar-refractivity contribution >= 4 is 40.4 Å². The monoisotopic (exact) mass is 454 g/mol. The molecule has 0 bridgehead atoms. The summed E-state index contributed by atoms with van der Waals surface area (Å²) in [7, 11) is 1.65. The van der Waals surface area contributed by atoms with Gasteiger partial charge in [-0.1, -0.05) is 29.8 Å². The highest BCUT2D eigenvalue weighted by Crippen LogP contribution is 2.28. The first-order valence-corrected chi connectivity index (χ1v) is 11.4. The minimum absolute atomic E-state index is 0.0475. The number of nitrogens with zero attached hydrogens (tertiary/aromatic N) is 1. The molecule has 2 aromatic carbocycles. The first kappa shape index (κ1) is 21.4. The number of halogens is 1. The Morgan fingerprint density at radius 3 is 2.84 bits per heavy atom. The van der Waals surface area contributed by atoms with Gasteiger partial charge in [0.15, 0.2) is 0 Å². The first-order chi connectivity index (χ1) is 15.0. The normalized spacial score (nSPS) is 15.7. The first-order valence-electron chi connectivity index (χ1n) is 10.1. The molecule has 7 heteroatoms. The van der Waals surface area contributed by atoms with E-state index in [9.17, 15) is 9.59 Å². The highest BCUT2D eigenvalue weighted by atomic mass is 35.5. The fourth-order valence-electron chi connectivity index (χ4n) is 3.90. The van der Waals surface area contributed by atoms with E-state index in [4.69, 9.17) is 16.3 Å². The van der Waals surface area contributed by atoms with Gasteiger partial charge >= 0.3 is 0 Å². The smallest absolute Gasteiger partial charge is 0.265 e. The van der Waals surface area contributed by atoms with E-state index in [1.54, 1.807) is 31.4 Å². The molecular formula is C24H23ClN2O3S. The molecule has 31 heavy (non-hydrogen) atoms. The van der Waals surface area contributed by atoms with Crippen LogP contribution < -0.4 is 10.1 Å². The lowest BCUT2D eigenvalue weighted by molar-refractivity contribution is 0.0736. The predicted molar refractivity (Wildman–Crippen MR) is 124 cm³/mol. The van der Waals surface area contributed by atoms with Crippen LogP contribution in [0.5, 0.6) is 5.75 Å². The number of benzene rings is 2. The van der Waals surface area contributed by atoms with E-state index in [-0.39, 0.29) is 17.9 Å². The van der Waals surface area contributed by atoms with Crippen LogP contribution in [0.25, 0.3) is 0 Å². The number of carbonyl (C=O) groups is 2. The number of hydrogen-bond acceptors (Lipinski definition) is 4. The van der Waals surface area contributed by atoms with Gasteiger partial charge in [0.25, 0.3) is 11.8 Å². The Labute approximate surface area is 190 Å². The van der Waals surface area contributed by atoms with Crippen LogP contribution in [0.2, 0.25) is 5.02 Å². The zero-order chi connectivity index (χ0) is 21.8. The van der Waals surface area contributed by atoms with Crippen molar-refractivity contribution in [3.8, 4) is 5.75 Å². The van der Waals surface area contributed by atoms with Gasteiger partial charge in [-0.2, -0.15) is 0 Å². The third-order valence-corrected chi connectivity index (χ3v) is 6.65.